The molecule has 0 saturated carbocycles. The molecule has 0 saturated heterocycles. The fourth-order valence-corrected chi connectivity index (χ4v) is 1.40. The molecule has 2 N–H and O–H groups in total. The molecule has 0 aliphatic heterocycles. The van der Waals surface area contributed by atoms with Gasteiger partial charge in [-0.2, -0.15) is 0 Å². The summed E-state index contributed by atoms with van der Waals surface area (Å²) in [4.78, 5) is 0. The second-order valence-corrected chi connectivity index (χ2v) is 2.99. The third-order valence-electron chi connectivity index (χ3n) is 2.12. The van der Waals surface area contributed by atoms with Gasteiger partial charge in [-0.05, 0) is 22.9 Å². The summed E-state index contributed by atoms with van der Waals surface area (Å²) in [5.41, 5.74) is 0.568. The highest BCUT2D eigenvalue weighted by molar-refractivity contribution is 5.84. The molecule has 0 amide bonds. The highest BCUT2D eigenvalue weighted by Crippen LogP contribution is 2.24. The van der Waals surface area contributed by atoms with Gasteiger partial charge in [-0.3, -0.25) is 0 Å². The van der Waals surface area contributed by atoms with Crippen molar-refractivity contribution in [2.24, 2.45) is 0 Å². The van der Waals surface area contributed by atoms with E-state index in [0.717, 1.165) is 10.8 Å². The van der Waals surface area contributed by atoms with E-state index >= 15 is 0 Å². The lowest BCUT2D eigenvalue weighted by Crippen LogP contribution is -1.84. The summed E-state index contributed by atoms with van der Waals surface area (Å²) < 4.78 is 0. The van der Waals surface area contributed by atoms with Crippen molar-refractivity contribution in [1.82, 2.24) is 0 Å². The molecule has 0 aliphatic rings. The summed E-state index contributed by atoms with van der Waals surface area (Å²) >= 11 is 0. The summed E-state index contributed by atoms with van der Waals surface area (Å²) in [5.74, 6) is 0.154. The number of rotatable bonds is 1. The second kappa shape index (κ2) is 5.37. The molecule has 2 heteroatoms. The van der Waals surface area contributed by atoms with Crippen LogP contribution in [0.1, 0.15) is 19.4 Å². The fraction of sp³-hybridized carbons (Fsp3) is 0.231. The van der Waals surface area contributed by atoms with Crippen LogP contribution >= 0.6 is 0 Å². The molecule has 0 bridgehead atoms. The van der Waals surface area contributed by atoms with Crippen molar-refractivity contribution in [3.8, 4) is 5.75 Å². The number of aromatic hydroxyl groups is 1. The lowest BCUT2D eigenvalue weighted by atomic mass is 10.1. The maximum atomic E-state index is 9.45. The van der Waals surface area contributed by atoms with Crippen molar-refractivity contribution in [3.63, 3.8) is 0 Å². The molecule has 2 aromatic carbocycles. The van der Waals surface area contributed by atoms with Crippen molar-refractivity contribution < 1.29 is 10.2 Å². The average molecular weight is 204 g/mol. The number of hydrogen-bond donors (Lipinski definition) is 2. The zero-order valence-electron chi connectivity index (χ0n) is 9.07. The van der Waals surface area contributed by atoms with Gasteiger partial charge in [0.1, 0.15) is 5.75 Å². The van der Waals surface area contributed by atoms with Crippen LogP contribution in [-0.4, -0.2) is 10.2 Å². The van der Waals surface area contributed by atoms with Crippen LogP contribution in [0.2, 0.25) is 0 Å². The number of aliphatic hydroxyl groups excluding tert-OH is 1. The number of hydrogen-bond acceptors (Lipinski definition) is 2. The van der Waals surface area contributed by atoms with Crippen LogP contribution in [0, 0.1) is 0 Å². The summed E-state index contributed by atoms with van der Waals surface area (Å²) in [6.07, 6.45) is 0. The molecule has 0 fully saturated rings. The third kappa shape index (κ3) is 2.48. The number of benzene rings is 2. The first-order valence-corrected chi connectivity index (χ1v) is 5.13. The quantitative estimate of drug-likeness (QED) is 0.749. The van der Waals surface area contributed by atoms with Gasteiger partial charge >= 0.3 is 0 Å². The summed E-state index contributed by atoms with van der Waals surface area (Å²) in [7, 11) is 0. The van der Waals surface area contributed by atoms with Crippen LogP contribution in [0.25, 0.3) is 10.8 Å². The Morgan fingerprint density at radius 3 is 2.07 bits per heavy atom. The first-order valence-electron chi connectivity index (χ1n) is 5.13. The lowest BCUT2D eigenvalue weighted by Gasteiger charge is -2.03. The van der Waals surface area contributed by atoms with Gasteiger partial charge in [-0.1, -0.05) is 38.1 Å². The van der Waals surface area contributed by atoms with Gasteiger partial charge in [-0.25, -0.2) is 0 Å². The van der Waals surface area contributed by atoms with Crippen LogP contribution in [0.3, 0.4) is 0 Å². The molecule has 0 atom stereocenters. The van der Waals surface area contributed by atoms with E-state index in [1.165, 1.54) is 0 Å². The van der Waals surface area contributed by atoms with E-state index in [9.17, 15) is 5.11 Å². The SMILES string of the molecule is CC.OCc1cc2ccccc2cc1O. The molecule has 2 aromatic rings. The molecule has 0 aromatic heterocycles. The minimum absolute atomic E-state index is 0.128. The standard InChI is InChI=1S/C11H10O2.C2H6/c12-7-10-5-8-3-1-2-4-9(8)6-11(10)13;1-2/h1-6,12-13H,7H2;1-2H3. The molecule has 0 spiro atoms. The molecule has 2 nitrogen and oxygen atoms in total. The third-order valence-corrected chi connectivity index (χ3v) is 2.12. The molecule has 0 aliphatic carbocycles. The first kappa shape index (κ1) is 11.5. The van der Waals surface area contributed by atoms with E-state index < -0.39 is 0 Å². The van der Waals surface area contributed by atoms with E-state index in [1.807, 2.05) is 38.1 Å². The smallest absolute Gasteiger partial charge is 0.121 e. The number of aliphatic hydroxyl groups is 1. The van der Waals surface area contributed by atoms with Crippen LogP contribution in [0.15, 0.2) is 36.4 Å². The Bertz CT molecular complexity index is 435. The van der Waals surface area contributed by atoms with Crippen molar-refractivity contribution in [2.45, 2.75) is 20.5 Å². The molecule has 0 heterocycles. The predicted octanol–water partition coefficient (Wildman–Crippen LogP) is 3.06. The molecular weight excluding hydrogens is 188 g/mol. The monoisotopic (exact) mass is 204 g/mol. The predicted molar refractivity (Wildman–Crippen MR) is 62.9 cm³/mol. The molecule has 80 valence electrons. The van der Waals surface area contributed by atoms with Gasteiger partial charge in [0, 0.05) is 5.56 Å². The summed E-state index contributed by atoms with van der Waals surface area (Å²) in [6, 6.07) is 11.2. The Morgan fingerprint density at radius 1 is 1.00 bits per heavy atom. The molecule has 0 radical (unpaired) electrons. The second-order valence-electron chi connectivity index (χ2n) is 2.99. The van der Waals surface area contributed by atoms with Crippen molar-refractivity contribution in [1.29, 1.82) is 0 Å². The molecule has 0 unspecified atom stereocenters. The van der Waals surface area contributed by atoms with Gasteiger partial charge < -0.3 is 10.2 Å². The Labute approximate surface area is 89.8 Å². The Kier molecular flexibility index (Phi) is 4.13. The van der Waals surface area contributed by atoms with Crippen LogP contribution in [0.4, 0.5) is 0 Å². The topological polar surface area (TPSA) is 40.5 Å². The van der Waals surface area contributed by atoms with Crippen molar-refractivity contribution in [3.05, 3.63) is 42.0 Å². The van der Waals surface area contributed by atoms with Gasteiger partial charge in [0.25, 0.3) is 0 Å². The van der Waals surface area contributed by atoms with E-state index in [0.29, 0.717) is 5.56 Å². The Morgan fingerprint density at radius 2 is 1.53 bits per heavy atom. The molecule has 15 heavy (non-hydrogen) atoms. The zero-order chi connectivity index (χ0) is 11.3. The fourth-order valence-electron chi connectivity index (χ4n) is 1.40. The van der Waals surface area contributed by atoms with E-state index in [2.05, 4.69) is 0 Å². The Hall–Kier alpha value is -1.54. The maximum Gasteiger partial charge on any atom is 0.121 e. The van der Waals surface area contributed by atoms with Gasteiger partial charge in [0.05, 0.1) is 6.61 Å². The summed E-state index contributed by atoms with van der Waals surface area (Å²) in [5, 5.41) is 20.4. The number of fused-ring (bicyclic) bond motifs is 1. The van der Waals surface area contributed by atoms with E-state index in [1.54, 1.807) is 12.1 Å². The minimum atomic E-state index is -0.128. The van der Waals surface area contributed by atoms with Crippen LogP contribution in [0.5, 0.6) is 5.75 Å². The molecule has 2 rings (SSSR count). The van der Waals surface area contributed by atoms with E-state index in [-0.39, 0.29) is 12.4 Å². The highest BCUT2D eigenvalue weighted by Gasteiger charge is 2.01. The minimum Gasteiger partial charge on any atom is -0.508 e. The largest absolute Gasteiger partial charge is 0.508 e. The van der Waals surface area contributed by atoms with Gasteiger partial charge in [-0.15, -0.1) is 0 Å². The molecular formula is C13H16O2. The van der Waals surface area contributed by atoms with Crippen LogP contribution in [-0.2, 0) is 6.61 Å². The zero-order valence-corrected chi connectivity index (χ0v) is 9.07. The normalized spacial score (nSPS) is 9.53. The Balaban J connectivity index is 0.000000531. The average Bonchev–Trinajstić information content (AvgIpc) is 2.31. The lowest BCUT2D eigenvalue weighted by molar-refractivity contribution is 0.276. The van der Waals surface area contributed by atoms with Crippen molar-refractivity contribution >= 4 is 10.8 Å². The maximum absolute atomic E-state index is 9.45. The number of phenols is 1. The van der Waals surface area contributed by atoms with Gasteiger partial charge in [0.2, 0.25) is 0 Å². The van der Waals surface area contributed by atoms with E-state index in [4.69, 9.17) is 5.11 Å². The van der Waals surface area contributed by atoms with Crippen LogP contribution < -0.4 is 0 Å². The first-order chi connectivity index (χ1) is 7.31. The summed E-state index contributed by atoms with van der Waals surface area (Å²) in [6.45, 7) is 3.87. The highest BCUT2D eigenvalue weighted by atomic mass is 16.3. The van der Waals surface area contributed by atoms with Crippen molar-refractivity contribution in [2.75, 3.05) is 0 Å². The van der Waals surface area contributed by atoms with Gasteiger partial charge in [0.15, 0.2) is 0 Å².